The fourth-order valence-corrected chi connectivity index (χ4v) is 4.62. The third-order valence-corrected chi connectivity index (χ3v) is 6.41. The van der Waals surface area contributed by atoms with Gasteiger partial charge in [-0.05, 0) is 68.4 Å². The summed E-state index contributed by atoms with van der Waals surface area (Å²) in [5.74, 6) is -2.04. The number of ether oxygens (including phenoxy) is 1. The lowest BCUT2D eigenvalue weighted by molar-refractivity contribution is 0.0962. The van der Waals surface area contributed by atoms with Gasteiger partial charge < -0.3 is 19.4 Å². The van der Waals surface area contributed by atoms with Crippen molar-refractivity contribution in [3.05, 3.63) is 58.9 Å². The summed E-state index contributed by atoms with van der Waals surface area (Å²) in [4.78, 5) is 30.1. The molecule has 0 aliphatic carbocycles. The van der Waals surface area contributed by atoms with E-state index in [1.165, 1.54) is 14.2 Å². The number of likely N-dealkylation sites (tertiary alicyclic amines) is 1. The Morgan fingerprint density at radius 1 is 1.18 bits per heavy atom. The number of methoxy groups -OCH3 is 1. The van der Waals surface area contributed by atoms with Crippen LogP contribution >= 0.6 is 0 Å². The van der Waals surface area contributed by atoms with E-state index in [4.69, 9.17) is 4.74 Å². The predicted molar refractivity (Wildman–Crippen MR) is 124 cm³/mol. The molecule has 1 fully saturated rings. The minimum Gasteiger partial charge on any atom is -0.453 e. The van der Waals surface area contributed by atoms with Crippen LogP contribution in [0.25, 0.3) is 16.9 Å². The van der Waals surface area contributed by atoms with Crippen LogP contribution < -0.4 is 5.32 Å². The lowest BCUT2D eigenvalue weighted by atomic mass is 9.93. The molecule has 3 heterocycles. The number of carbonyl (C=O) groups excluding carboxylic acids is 2. The smallest absolute Gasteiger partial charge is 0.409 e. The first-order valence-electron chi connectivity index (χ1n) is 11.3. The fraction of sp³-hybridized carbons (Fsp3) is 0.400. The second-order valence-corrected chi connectivity index (χ2v) is 8.69. The number of hydrogen-bond donors (Lipinski definition) is 1. The average molecular weight is 471 g/mol. The Labute approximate surface area is 196 Å². The highest BCUT2D eigenvalue weighted by Gasteiger charge is 2.27. The van der Waals surface area contributed by atoms with Gasteiger partial charge in [-0.2, -0.15) is 0 Å². The maximum absolute atomic E-state index is 15.2. The number of amides is 2. The summed E-state index contributed by atoms with van der Waals surface area (Å²) >= 11 is 0. The Hall–Kier alpha value is -3.49. The Bertz CT molecular complexity index is 1220. The molecule has 0 radical (unpaired) electrons. The number of hydrogen-bond acceptors (Lipinski definition) is 4. The monoisotopic (exact) mass is 470 g/mol. The van der Waals surface area contributed by atoms with Gasteiger partial charge in [0.25, 0.3) is 5.91 Å². The van der Waals surface area contributed by atoms with E-state index in [2.05, 4.69) is 10.3 Å². The van der Waals surface area contributed by atoms with Crippen LogP contribution in [-0.2, 0) is 11.2 Å². The van der Waals surface area contributed by atoms with Crippen molar-refractivity contribution < 1.29 is 23.1 Å². The second-order valence-electron chi connectivity index (χ2n) is 8.69. The van der Waals surface area contributed by atoms with Gasteiger partial charge in [0.1, 0.15) is 17.3 Å². The maximum Gasteiger partial charge on any atom is 0.409 e. The molecule has 1 N–H and O–H groups in total. The van der Waals surface area contributed by atoms with Gasteiger partial charge in [0.05, 0.1) is 24.1 Å². The van der Waals surface area contributed by atoms with Crippen LogP contribution in [0.4, 0.5) is 13.6 Å². The van der Waals surface area contributed by atoms with Gasteiger partial charge in [-0.1, -0.05) is 0 Å². The Balaban J connectivity index is 1.75. The molecular weight excluding hydrogens is 442 g/mol. The van der Waals surface area contributed by atoms with Gasteiger partial charge >= 0.3 is 6.09 Å². The summed E-state index contributed by atoms with van der Waals surface area (Å²) in [5.41, 5.74) is 2.19. The molecule has 4 rings (SSSR count). The van der Waals surface area contributed by atoms with E-state index in [0.29, 0.717) is 30.9 Å². The zero-order valence-electron chi connectivity index (χ0n) is 19.5. The zero-order chi connectivity index (χ0) is 24.4. The first-order chi connectivity index (χ1) is 16.3. The molecule has 3 aromatic rings. The van der Waals surface area contributed by atoms with Crippen molar-refractivity contribution in [2.45, 2.75) is 32.6 Å². The lowest BCUT2D eigenvalue weighted by Gasteiger charge is -2.19. The Morgan fingerprint density at radius 2 is 1.91 bits per heavy atom. The topological polar surface area (TPSA) is 75.9 Å². The molecule has 9 heteroatoms. The van der Waals surface area contributed by atoms with Crippen molar-refractivity contribution in [2.24, 2.45) is 5.92 Å². The normalized spacial score (nSPS) is 16.4. The van der Waals surface area contributed by atoms with E-state index >= 15 is 8.78 Å². The van der Waals surface area contributed by atoms with Crippen molar-refractivity contribution in [2.75, 3.05) is 27.2 Å². The number of rotatable bonds is 4. The molecule has 1 aliphatic rings. The first kappa shape index (κ1) is 23.7. The second kappa shape index (κ2) is 9.79. The lowest BCUT2D eigenvalue weighted by Crippen LogP contribution is -2.31. The minimum absolute atomic E-state index is 0.0888. The molecule has 1 saturated heterocycles. The molecule has 0 bridgehead atoms. The fourth-order valence-electron chi connectivity index (χ4n) is 4.62. The third kappa shape index (κ3) is 4.60. The quantitative estimate of drug-likeness (QED) is 0.615. The number of pyridine rings is 1. The molecular formula is C25H28F2N4O3. The molecule has 1 aliphatic heterocycles. The summed E-state index contributed by atoms with van der Waals surface area (Å²) in [5, 5.41) is 2.38. The van der Waals surface area contributed by atoms with Crippen LogP contribution in [0.15, 0.2) is 30.5 Å². The molecule has 2 aromatic heterocycles. The molecule has 0 spiro atoms. The maximum atomic E-state index is 15.2. The van der Waals surface area contributed by atoms with Crippen LogP contribution in [0.1, 0.15) is 40.9 Å². The van der Waals surface area contributed by atoms with Crippen molar-refractivity contribution in [1.29, 1.82) is 0 Å². The number of carbonyl (C=O) groups is 2. The number of benzene rings is 1. The van der Waals surface area contributed by atoms with Crippen molar-refractivity contribution in [3.8, 4) is 11.3 Å². The Kier molecular flexibility index (Phi) is 6.81. The zero-order valence-corrected chi connectivity index (χ0v) is 19.5. The first-order valence-corrected chi connectivity index (χ1v) is 11.3. The van der Waals surface area contributed by atoms with Crippen molar-refractivity contribution >= 4 is 17.6 Å². The number of aromatic nitrogens is 2. The molecule has 1 aromatic carbocycles. The van der Waals surface area contributed by atoms with E-state index < -0.39 is 17.5 Å². The van der Waals surface area contributed by atoms with Gasteiger partial charge in [-0.15, -0.1) is 0 Å². The molecule has 180 valence electrons. The van der Waals surface area contributed by atoms with E-state index in [9.17, 15) is 9.59 Å². The SMILES string of the molecule is CNC(=O)c1cc(F)c(-c2nc3cc(C)ccn3c2C[C@H]2CCCN(C(=O)OC)CC2)c(F)c1. The summed E-state index contributed by atoms with van der Waals surface area (Å²) in [6.07, 6.45) is 4.50. The summed E-state index contributed by atoms with van der Waals surface area (Å²) < 4.78 is 37.1. The van der Waals surface area contributed by atoms with Gasteiger partial charge in [0.15, 0.2) is 0 Å². The summed E-state index contributed by atoms with van der Waals surface area (Å²) in [7, 11) is 2.78. The molecule has 2 amide bonds. The number of nitrogens with one attached hydrogen (secondary N) is 1. The van der Waals surface area contributed by atoms with Gasteiger partial charge in [-0.25, -0.2) is 18.6 Å². The van der Waals surface area contributed by atoms with Gasteiger partial charge in [-0.3, -0.25) is 4.79 Å². The highest BCUT2D eigenvalue weighted by atomic mass is 19.1. The molecule has 1 atom stereocenters. The summed E-state index contributed by atoms with van der Waals surface area (Å²) in [6.45, 7) is 3.11. The van der Waals surface area contributed by atoms with E-state index in [-0.39, 0.29) is 28.8 Å². The highest BCUT2D eigenvalue weighted by Crippen LogP contribution is 2.33. The molecule has 7 nitrogen and oxygen atoms in total. The Morgan fingerprint density at radius 3 is 2.59 bits per heavy atom. The van der Waals surface area contributed by atoms with Crippen LogP contribution in [0.5, 0.6) is 0 Å². The third-order valence-electron chi connectivity index (χ3n) is 6.41. The number of nitrogens with zero attached hydrogens (tertiary/aromatic N) is 3. The molecule has 0 saturated carbocycles. The van der Waals surface area contributed by atoms with E-state index in [0.717, 1.165) is 37.0 Å². The van der Waals surface area contributed by atoms with Crippen LogP contribution in [0.2, 0.25) is 0 Å². The molecule has 0 unspecified atom stereocenters. The van der Waals surface area contributed by atoms with Crippen molar-refractivity contribution in [1.82, 2.24) is 19.6 Å². The van der Waals surface area contributed by atoms with Gasteiger partial charge in [0.2, 0.25) is 0 Å². The van der Waals surface area contributed by atoms with Gasteiger partial charge in [0, 0.05) is 31.9 Å². The minimum atomic E-state index is -0.835. The van der Waals surface area contributed by atoms with E-state index in [1.807, 2.05) is 29.7 Å². The number of halogens is 2. The van der Waals surface area contributed by atoms with Crippen LogP contribution in [-0.4, -0.2) is 53.5 Å². The van der Waals surface area contributed by atoms with Crippen LogP contribution in [0.3, 0.4) is 0 Å². The largest absolute Gasteiger partial charge is 0.453 e. The standard InChI is InChI=1S/C25H28F2N4O3/c1-15-6-10-31-20(12-16-5-4-8-30(9-7-16)25(33)34-3)23(29-21(31)11-15)22-18(26)13-17(14-19(22)27)24(32)28-2/h6,10-11,13-14,16H,4-5,7-9,12H2,1-3H3,(H,28,32)/t16-/m0/s1. The van der Waals surface area contributed by atoms with E-state index in [1.54, 1.807) is 4.90 Å². The van der Waals surface area contributed by atoms with Crippen LogP contribution in [0, 0.1) is 24.5 Å². The van der Waals surface area contributed by atoms with Crippen molar-refractivity contribution in [3.63, 3.8) is 0 Å². The number of aryl methyl sites for hydroxylation is 1. The number of fused-ring (bicyclic) bond motifs is 1. The predicted octanol–water partition coefficient (Wildman–Crippen LogP) is 4.36. The highest BCUT2D eigenvalue weighted by molar-refractivity contribution is 5.94. The molecule has 34 heavy (non-hydrogen) atoms. The summed E-state index contributed by atoms with van der Waals surface area (Å²) in [6, 6.07) is 5.87. The average Bonchev–Trinajstić information content (AvgIpc) is 2.99. The number of imidazole rings is 1.